The molecule has 7 atom stereocenters. The molecular weight excluding hydrogens is 845 g/mol. The van der Waals surface area contributed by atoms with Gasteiger partial charge in [0.2, 0.25) is 0 Å². The Morgan fingerprint density at radius 1 is 0.796 bits per heavy atom. The molecule has 0 N–H and O–H groups in total. The summed E-state index contributed by atoms with van der Waals surface area (Å²) in [5.41, 5.74) is 11.3. The molecule has 6 rings (SSSR count). The van der Waals surface area contributed by atoms with E-state index < -0.39 is 30.6 Å². The second-order valence-electron chi connectivity index (χ2n) is 16.2. The van der Waals surface area contributed by atoms with Crippen LogP contribution in [0.1, 0.15) is 66.6 Å². The summed E-state index contributed by atoms with van der Waals surface area (Å²) in [4.78, 5) is 5.17. The van der Waals surface area contributed by atoms with Crippen molar-refractivity contribution in [1.82, 2.24) is 0 Å². The minimum absolute atomic E-state index is 0.0231. The van der Waals surface area contributed by atoms with Crippen LogP contribution in [-0.4, -0.2) is 77.7 Å². The number of hydrogen-bond donors (Lipinski definition) is 0. The van der Waals surface area contributed by atoms with Crippen LogP contribution in [0.3, 0.4) is 0 Å². The number of nitrogens with zero attached hydrogens (tertiary/aromatic N) is 2. The first-order valence-electron chi connectivity index (χ1n) is 19.0. The molecule has 0 bridgehead atoms. The minimum atomic E-state index is -2.74. The van der Waals surface area contributed by atoms with Crippen molar-refractivity contribution in [3.8, 4) is 11.5 Å². The van der Waals surface area contributed by atoms with Gasteiger partial charge in [0.15, 0.2) is 0 Å². The molecule has 0 aliphatic carbocycles. The zero-order valence-electron chi connectivity index (χ0n) is 33.9. The number of aryl methyl sites for hydroxylation is 6. The second kappa shape index (κ2) is 16.6. The Hall–Kier alpha value is -1.79. The van der Waals surface area contributed by atoms with Gasteiger partial charge in [0.05, 0.1) is 12.7 Å². The summed E-state index contributed by atoms with van der Waals surface area (Å²) in [6.45, 7) is 27.5. The van der Waals surface area contributed by atoms with Crippen molar-refractivity contribution in [3.63, 3.8) is 0 Å². The molecule has 13 heteroatoms. The smallest absolute Gasteiger partial charge is 0.0907 e. The van der Waals surface area contributed by atoms with Crippen LogP contribution in [0.5, 0.6) is 11.5 Å². The molecule has 8 nitrogen and oxygen atoms in total. The molecule has 7 unspecified atom stereocenters. The largest absolute Gasteiger partial charge is 0.349 e. The number of halogens is 2. The first-order chi connectivity index (χ1) is 25.3. The van der Waals surface area contributed by atoms with E-state index in [-0.39, 0.29) is 36.6 Å². The van der Waals surface area contributed by atoms with Gasteiger partial charge in [0.1, 0.15) is 0 Å². The fourth-order valence-electron chi connectivity index (χ4n) is 8.96. The van der Waals surface area contributed by atoms with Crippen LogP contribution in [0.25, 0.3) is 0 Å². The van der Waals surface area contributed by atoms with Crippen LogP contribution in [0.2, 0.25) is 19.1 Å². The van der Waals surface area contributed by atoms with Gasteiger partial charge in [-0.05, 0) is 70.3 Å². The number of benzene rings is 3. The molecule has 0 saturated carbocycles. The summed E-state index contributed by atoms with van der Waals surface area (Å²) in [5, 5.41) is 0. The number of ether oxygens (including phenoxy) is 2. The molecule has 54 heavy (non-hydrogen) atoms. The van der Waals surface area contributed by atoms with Gasteiger partial charge in [-0.3, -0.25) is 0 Å². The number of hydrogen-bond acceptors (Lipinski definition) is 8. The predicted molar refractivity (Wildman–Crippen MR) is 223 cm³/mol. The summed E-state index contributed by atoms with van der Waals surface area (Å²) >= 11 is -2.08. The third-order valence-corrected chi connectivity index (χ3v) is 17.6. The van der Waals surface area contributed by atoms with Gasteiger partial charge in [-0.1, -0.05) is 35.4 Å². The van der Waals surface area contributed by atoms with E-state index in [2.05, 4.69) is 103 Å². The van der Waals surface area contributed by atoms with E-state index in [9.17, 15) is 0 Å². The Labute approximate surface area is 338 Å². The van der Waals surface area contributed by atoms with Crippen molar-refractivity contribution < 1.29 is 40.7 Å². The standard InChI is InChI=1S/C41H58N2O6Si2.2ClH.Ru/c1-25(2)45-37-15-14-36(20-28(37)5)44-24-51(13)47-34(11)41(49-51)40-33(10)46-50(12,48-40)22-35-21-42(38-29(6)16-26(3)17-30(38)7)23-43(35)39-31(8)18-27(4)19-32(39)9;;;/h5,14-20,25,33-35,40-41H,21-24H2,1-4,6-13H3;2*1H;/q;;;+2/p-2. The van der Waals surface area contributed by atoms with Gasteiger partial charge in [0, 0.05) is 24.0 Å². The molecular formula is C41H58Cl2N2O6RuSi2. The minimum Gasteiger partial charge on any atom is -0.349 e. The van der Waals surface area contributed by atoms with E-state index in [0.29, 0.717) is 12.0 Å². The van der Waals surface area contributed by atoms with Crippen molar-refractivity contribution in [1.29, 1.82) is 0 Å². The average molecular weight is 903 g/mol. The van der Waals surface area contributed by atoms with Crippen molar-refractivity contribution in [2.75, 3.05) is 29.2 Å². The summed E-state index contributed by atoms with van der Waals surface area (Å²) in [6.07, 6.45) is -0.418. The fraction of sp³-hybridized carbons (Fsp3) is 0.537. The summed E-state index contributed by atoms with van der Waals surface area (Å²) in [5.74, 6) is 1.43. The molecule has 3 saturated heterocycles. The van der Waals surface area contributed by atoms with E-state index in [0.717, 1.165) is 30.6 Å². The average Bonchev–Trinajstić information content (AvgIpc) is 3.67. The van der Waals surface area contributed by atoms with Crippen LogP contribution in [0, 0.1) is 41.5 Å². The molecule has 3 aromatic carbocycles. The van der Waals surface area contributed by atoms with Crippen molar-refractivity contribution in [2.24, 2.45) is 0 Å². The third-order valence-electron chi connectivity index (χ3n) is 10.6. The quantitative estimate of drug-likeness (QED) is 0.177. The first kappa shape index (κ1) is 41.8. The van der Waals surface area contributed by atoms with E-state index in [1.165, 1.54) is 44.8 Å². The van der Waals surface area contributed by atoms with Gasteiger partial charge in [0.25, 0.3) is 0 Å². The first-order valence-corrected chi connectivity index (χ1v) is 29.5. The Bertz CT molecular complexity index is 1850. The maximum Gasteiger partial charge on any atom is 0.0907 e. The van der Waals surface area contributed by atoms with Gasteiger partial charge in [-0.25, -0.2) is 0 Å². The monoisotopic (exact) mass is 902 g/mol. The fourth-order valence-corrected chi connectivity index (χ4v) is 16.5. The Morgan fingerprint density at radius 2 is 1.33 bits per heavy atom. The summed E-state index contributed by atoms with van der Waals surface area (Å²) in [6, 6.07) is 16.0. The van der Waals surface area contributed by atoms with Crippen molar-refractivity contribution in [2.45, 2.75) is 125 Å². The molecule has 298 valence electrons. The summed E-state index contributed by atoms with van der Waals surface area (Å²) in [7, 11) is 7.09. The predicted octanol–water partition coefficient (Wildman–Crippen LogP) is 9.42. The van der Waals surface area contributed by atoms with Gasteiger partial charge >= 0.3 is 188 Å². The normalized spacial score (nSPS) is 28.6. The molecule has 3 aliphatic heterocycles. The Kier molecular flexibility index (Phi) is 12.9. The Morgan fingerprint density at radius 3 is 1.89 bits per heavy atom. The van der Waals surface area contributed by atoms with Gasteiger partial charge in [-0.15, -0.1) is 0 Å². The molecule has 3 aliphatic rings. The maximum absolute atomic E-state index is 7.11. The zero-order valence-corrected chi connectivity index (χ0v) is 39.1. The zero-order chi connectivity index (χ0) is 39.3. The number of rotatable bonds is 11. The van der Waals surface area contributed by atoms with Crippen LogP contribution < -0.4 is 19.3 Å². The second-order valence-corrected chi connectivity index (χ2v) is 28.1. The van der Waals surface area contributed by atoms with Gasteiger partial charge in [-0.2, -0.15) is 0 Å². The SMILES string of the molecule is Cc1cc(C)c(N2CC(C[Si]3(C)OC(C)C(C4O[Si](C)(COc5ccc(OC(C)C)c([CH]=[Ru]([Cl])[Cl])c5)OC4C)O3)N(c3c(C)cc(C)cc3C)C2)c(C)c1. The molecule has 3 fully saturated rings. The molecule has 0 aromatic heterocycles. The van der Waals surface area contributed by atoms with Gasteiger partial charge < -0.3 is 9.80 Å². The third kappa shape index (κ3) is 9.32. The Balaban J connectivity index is 1.18. The molecule has 3 heterocycles. The van der Waals surface area contributed by atoms with Crippen LogP contribution >= 0.6 is 19.4 Å². The summed E-state index contributed by atoms with van der Waals surface area (Å²) < 4.78 is 41.7. The van der Waals surface area contributed by atoms with Crippen molar-refractivity contribution >= 4 is 52.5 Å². The molecule has 3 aromatic rings. The van der Waals surface area contributed by atoms with Crippen LogP contribution in [0.4, 0.5) is 11.4 Å². The van der Waals surface area contributed by atoms with Crippen LogP contribution in [-0.2, 0) is 31.2 Å². The van der Waals surface area contributed by atoms with E-state index >= 15 is 0 Å². The maximum atomic E-state index is 7.11. The molecule has 0 spiro atoms. The van der Waals surface area contributed by atoms with Crippen molar-refractivity contribution in [3.05, 3.63) is 81.4 Å². The topological polar surface area (TPSA) is 61.9 Å². The van der Waals surface area contributed by atoms with E-state index in [1.54, 1.807) is 0 Å². The molecule has 0 radical (unpaired) electrons. The van der Waals surface area contributed by atoms with E-state index in [4.69, 9.17) is 46.6 Å². The van der Waals surface area contributed by atoms with Crippen LogP contribution in [0.15, 0.2) is 42.5 Å². The molecule has 0 amide bonds. The number of anilines is 2. The van der Waals surface area contributed by atoms with E-state index in [1.807, 2.05) is 36.7 Å².